The van der Waals surface area contributed by atoms with E-state index in [0.29, 0.717) is 30.5 Å². The maximum atomic E-state index is 13.9. The number of carbonyl (C=O) groups is 1. The molecule has 2 N–H and O–H groups in total. The van der Waals surface area contributed by atoms with Gasteiger partial charge in [0.15, 0.2) is 10.8 Å². The topological polar surface area (TPSA) is 141 Å². The molecule has 0 radical (unpaired) electrons. The molecule has 3 aliphatic rings. The van der Waals surface area contributed by atoms with Crippen molar-refractivity contribution in [2.24, 2.45) is 11.3 Å². The molecule has 4 aromatic rings. The van der Waals surface area contributed by atoms with Crippen molar-refractivity contribution < 1.29 is 35.9 Å². The van der Waals surface area contributed by atoms with Gasteiger partial charge in [-0.2, -0.15) is 21.6 Å². The highest BCUT2D eigenvalue weighted by atomic mass is 32.2. The Morgan fingerprint density at radius 3 is 2.57 bits per heavy atom. The highest BCUT2D eigenvalue weighted by Crippen LogP contribution is 2.60. The van der Waals surface area contributed by atoms with Gasteiger partial charge in [0.1, 0.15) is 24.0 Å². The Balaban J connectivity index is 1.15. The monoisotopic (exact) mass is 753 g/mol. The summed E-state index contributed by atoms with van der Waals surface area (Å²) in [5, 5.41) is 7.29. The van der Waals surface area contributed by atoms with Gasteiger partial charge in [-0.15, -0.1) is 5.10 Å². The SMILES string of the molecule is CC1(C)C[C@@H]2CCCNc3cc(OCc4ccccc4)cc(n3)S(=O)(=O)NC(=O)c3ccc(-n4ccc(OCCCC5(C(F)(F)F)CC5)n4)nc3N1C2. The summed E-state index contributed by atoms with van der Waals surface area (Å²) >= 11 is 0. The minimum absolute atomic E-state index is 0.00912. The molecule has 1 aromatic carbocycles. The number of pyridine rings is 2. The summed E-state index contributed by atoms with van der Waals surface area (Å²) in [5.74, 6) is 0.843. The van der Waals surface area contributed by atoms with Crippen molar-refractivity contribution >= 4 is 27.6 Å². The van der Waals surface area contributed by atoms with Crippen LogP contribution in [0.5, 0.6) is 11.6 Å². The van der Waals surface area contributed by atoms with E-state index >= 15 is 0 Å². The van der Waals surface area contributed by atoms with Gasteiger partial charge >= 0.3 is 6.18 Å². The lowest BCUT2D eigenvalue weighted by Crippen LogP contribution is -2.41. The molecule has 0 spiro atoms. The number of anilines is 2. The molecule has 7 rings (SSSR count). The fourth-order valence-electron chi connectivity index (χ4n) is 7.20. The van der Waals surface area contributed by atoms with Gasteiger partial charge in [-0.3, -0.25) is 4.79 Å². The molecule has 5 heterocycles. The number of hydrogen-bond donors (Lipinski definition) is 2. The van der Waals surface area contributed by atoms with Gasteiger partial charge in [0.05, 0.1) is 17.6 Å². The minimum Gasteiger partial charge on any atom is -0.489 e. The van der Waals surface area contributed by atoms with Crippen molar-refractivity contribution in [3.8, 4) is 17.4 Å². The standard InChI is InChI=1S/C37H42F3N7O5S/c1-35(2)22-26-10-6-17-41-29-20-27(52-24-25-8-4-3-5-9-25)21-32(42-29)53(49,50)45-34(48)28-11-12-30(43-33(28)46(35)23-26)47-18-13-31(44-47)51-19-7-14-36(15-16-36)37(38,39)40/h3-5,8-9,11-13,18,20-21,26H,6-7,10,14-17,19,22-24H2,1-2H3,(H,41,42)(H,45,48)/t26-/m0/s1. The Morgan fingerprint density at radius 1 is 1.02 bits per heavy atom. The smallest absolute Gasteiger partial charge is 0.394 e. The predicted octanol–water partition coefficient (Wildman–Crippen LogP) is 6.67. The number of carbonyl (C=O) groups excluding carboxylic acids is 1. The first-order valence-electron chi connectivity index (χ1n) is 17.8. The van der Waals surface area contributed by atoms with Gasteiger partial charge in [0.2, 0.25) is 5.88 Å². The van der Waals surface area contributed by atoms with Crippen LogP contribution >= 0.6 is 0 Å². The van der Waals surface area contributed by atoms with Crippen molar-refractivity contribution in [1.82, 2.24) is 24.5 Å². The third-order valence-corrected chi connectivity index (χ3v) is 11.5. The third kappa shape index (κ3) is 8.06. The fourth-order valence-corrected chi connectivity index (χ4v) is 8.15. The van der Waals surface area contributed by atoms with Gasteiger partial charge in [0, 0.05) is 43.0 Å². The second kappa shape index (κ2) is 14.2. The van der Waals surface area contributed by atoms with E-state index in [9.17, 15) is 26.4 Å². The molecule has 2 aliphatic heterocycles. The average molecular weight is 754 g/mol. The van der Waals surface area contributed by atoms with Gasteiger partial charge < -0.3 is 19.7 Å². The van der Waals surface area contributed by atoms with Crippen molar-refractivity contribution in [1.29, 1.82) is 0 Å². The van der Waals surface area contributed by atoms with E-state index in [-0.39, 0.29) is 67.0 Å². The van der Waals surface area contributed by atoms with Crippen LogP contribution in [-0.4, -0.2) is 65.5 Å². The van der Waals surface area contributed by atoms with Crippen molar-refractivity contribution in [3.63, 3.8) is 0 Å². The molecule has 1 saturated carbocycles. The Labute approximate surface area is 306 Å². The van der Waals surface area contributed by atoms with E-state index in [1.165, 1.54) is 16.8 Å². The number of nitrogens with one attached hydrogen (secondary N) is 2. The molecule has 4 bridgehead atoms. The lowest BCUT2D eigenvalue weighted by atomic mass is 9.93. The second-order valence-electron chi connectivity index (χ2n) is 14.7. The number of sulfonamides is 1. The summed E-state index contributed by atoms with van der Waals surface area (Å²) in [6.45, 7) is 5.56. The lowest BCUT2D eigenvalue weighted by molar-refractivity contribution is -0.189. The Hall–Kier alpha value is -4.86. The van der Waals surface area contributed by atoms with E-state index in [0.717, 1.165) is 24.8 Å². The summed E-state index contributed by atoms with van der Waals surface area (Å²) in [6.07, 6.45) is 0.439. The molecule has 282 valence electrons. The molecule has 53 heavy (non-hydrogen) atoms. The van der Waals surface area contributed by atoms with Crippen LogP contribution in [0.15, 0.2) is 71.9 Å². The quantitative estimate of drug-likeness (QED) is 0.178. The van der Waals surface area contributed by atoms with Crippen molar-refractivity contribution in [2.75, 3.05) is 29.9 Å². The zero-order valence-corrected chi connectivity index (χ0v) is 30.3. The molecular weight excluding hydrogens is 712 g/mol. The number of rotatable bonds is 9. The first-order chi connectivity index (χ1) is 25.2. The maximum absolute atomic E-state index is 13.9. The van der Waals surface area contributed by atoms with E-state index in [1.807, 2.05) is 35.2 Å². The summed E-state index contributed by atoms with van der Waals surface area (Å²) in [6, 6.07) is 17.0. The fraction of sp³-hybridized carbons (Fsp3) is 0.459. The van der Waals surface area contributed by atoms with Crippen LogP contribution in [0.4, 0.5) is 24.8 Å². The summed E-state index contributed by atoms with van der Waals surface area (Å²) in [5.41, 5.74) is -1.05. The summed E-state index contributed by atoms with van der Waals surface area (Å²) < 4.78 is 82.7. The first kappa shape index (κ1) is 36.5. The third-order valence-electron chi connectivity index (χ3n) is 10.2. The minimum atomic E-state index is -4.48. The molecule has 0 unspecified atom stereocenters. The number of aromatic nitrogens is 4. The van der Waals surface area contributed by atoms with Crippen molar-refractivity contribution in [2.45, 2.75) is 82.1 Å². The van der Waals surface area contributed by atoms with Crippen LogP contribution in [0.3, 0.4) is 0 Å². The maximum Gasteiger partial charge on any atom is 0.394 e. The van der Waals surface area contributed by atoms with Gasteiger partial charge in [-0.1, -0.05) is 30.3 Å². The number of nitrogens with zero attached hydrogens (tertiary/aromatic N) is 5. The number of fused-ring (bicyclic) bond motifs is 6. The van der Waals surface area contributed by atoms with Gasteiger partial charge in [-0.25, -0.2) is 19.4 Å². The molecule has 3 aromatic heterocycles. The van der Waals surface area contributed by atoms with Crippen LogP contribution in [0.25, 0.3) is 5.82 Å². The highest BCUT2D eigenvalue weighted by molar-refractivity contribution is 7.90. The summed E-state index contributed by atoms with van der Waals surface area (Å²) in [4.78, 5) is 25.2. The molecular formula is C37H42F3N7O5S. The molecule has 16 heteroatoms. The average Bonchev–Trinajstić information content (AvgIpc) is 3.67. The number of amides is 1. The molecule has 1 atom stereocenters. The van der Waals surface area contributed by atoms with E-state index < -0.39 is 33.1 Å². The number of benzene rings is 1. The summed E-state index contributed by atoms with van der Waals surface area (Å²) in [7, 11) is -4.48. The number of ether oxygens (including phenoxy) is 2. The number of hydrogen-bond acceptors (Lipinski definition) is 10. The van der Waals surface area contributed by atoms with Crippen LogP contribution in [0, 0.1) is 11.3 Å². The molecule has 1 aliphatic carbocycles. The first-order valence-corrected chi connectivity index (χ1v) is 19.2. The molecule has 2 fully saturated rings. The Morgan fingerprint density at radius 2 is 1.81 bits per heavy atom. The zero-order valence-electron chi connectivity index (χ0n) is 29.5. The van der Waals surface area contributed by atoms with Gasteiger partial charge in [0.25, 0.3) is 15.9 Å². The number of halogens is 3. The molecule has 12 nitrogen and oxygen atoms in total. The molecule has 1 amide bonds. The van der Waals surface area contributed by atoms with E-state index in [4.69, 9.17) is 14.5 Å². The predicted molar refractivity (Wildman–Crippen MR) is 191 cm³/mol. The van der Waals surface area contributed by atoms with Crippen LogP contribution < -0.4 is 24.4 Å². The van der Waals surface area contributed by atoms with Crippen molar-refractivity contribution in [3.05, 3.63) is 78.0 Å². The highest BCUT2D eigenvalue weighted by Gasteiger charge is 2.62. The van der Waals surface area contributed by atoms with E-state index in [2.05, 4.69) is 34.0 Å². The van der Waals surface area contributed by atoms with Crippen LogP contribution in [0.2, 0.25) is 0 Å². The van der Waals surface area contributed by atoms with Crippen LogP contribution in [-0.2, 0) is 16.6 Å². The van der Waals surface area contributed by atoms with Gasteiger partial charge in [-0.05, 0) is 82.4 Å². The Kier molecular flexibility index (Phi) is 9.76. The zero-order chi connectivity index (χ0) is 37.4. The Bertz CT molecular complexity index is 2070. The molecule has 1 saturated heterocycles. The van der Waals surface area contributed by atoms with Crippen LogP contribution in [0.1, 0.15) is 74.7 Å². The number of alkyl halides is 3. The second-order valence-corrected chi connectivity index (χ2v) is 16.3. The van der Waals surface area contributed by atoms with E-state index in [1.54, 1.807) is 24.4 Å². The normalized spacial score (nSPS) is 20.3. The largest absolute Gasteiger partial charge is 0.489 e. The lowest BCUT2D eigenvalue weighted by Gasteiger charge is -2.34.